The second-order valence-electron chi connectivity index (χ2n) is 20.3. The van der Waals surface area contributed by atoms with E-state index in [2.05, 4.69) is 40.9 Å². The molecule has 0 aliphatic heterocycles. The fraction of sp³-hybridized carbons (Fsp3) is 0. The Morgan fingerprint density at radius 2 is 0.582 bits per heavy atom. The van der Waals surface area contributed by atoms with Gasteiger partial charge in [-0.2, -0.15) is 77.6 Å². The second-order valence-corrected chi connectivity index (χ2v) is 31.5. The number of nitrogens with two attached hydrogens (primary N) is 2. The van der Waals surface area contributed by atoms with Crippen LogP contribution >= 0.6 is 0 Å². The predicted molar refractivity (Wildman–Crippen MR) is 345 cm³/mol. The summed E-state index contributed by atoms with van der Waals surface area (Å²) in [6.07, 6.45) is 1.80. The van der Waals surface area contributed by atoms with Gasteiger partial charge in [-0.3, -0.25) is 36.4 Å². The van der Waals surface area contributed by atoms with Crippen LogP contribution in [0.5, 0.6) is 11.5 Å². The molecule has 10 aromatic rings. The monoisotopic (exact) mass is 1500 g/mol. The molecule has 0 aliphatic rings. The number of fused-ring (bicyclic) bond motifs is 4. The molecule has 0 spiro atoms. The van der Waals surface area contributed by atoms with Crippen LogP contribution < -0.4 is 11.5 Å². The largest absolute Gasteiger partial charge is 0.505 e. The standard InChI is InChI=1S/C54H38N10O26S8/c55-37-11-13-41(61-59-39-15-17-43(93(73,74)75)31-9-7-29(21-33(31)39)91(67,68)69)35-23-47(97(85,86)87)51(53(65)49(35)37)63-57-27-5-3-25(45(19-27)95(79,80)81)1-2-26-4-6-28(20-46(26)96(82,83)84)58-64-52-48(98(88,89)90)24-36-42(14-12-38(56)50(36)54(52)66)62-60-40-16-18-44(94(76,77)78)32-10-8-30(22-34(32)40)92(70,71)72/h1-24,65-66H,55-56H2,(H,67,68,69)(H,70,71,72)(H,73,74,75)(H,76,77,78)(H,79,80,81)(H,82,83,84)(H,85,86,87)(H,88,89,90)/b2-1+,61-59?,62-60?,63-57?,64-58?. The zero-order valence-corrected chi connectivity index (χ0v) is 54.4. The summed E-state index contributed by atoms with van der Waals surface area (Å²) >= 11 is 0. The lowest BCUT2D eigenvalue weighted by molar-refractivity contribution is 0.472. The summed E-state index contributed by atoms with van der Waals surface area (Å²) in [5.41, 5.74) is 6.54. The highest BCUT2D eigenvalue weighted by molar-refractivity contribution is 7.87. The third kappa shape index (κ3) is 14.4. The summed E-state index contributed by atoms with van der Waals surface area (Å²) in [5.74, 6) is -2.20. The first-order chi connectivity index (χ1) is 45.3. The quantitative estimate of drug-likeness (QED) is 0.0164. The molecule has 0 atom stereocenters. The molecule has 508 valence electrons. The van der Waals surface area contributed by atoms with Crippen LogP contribution in [0.15, 0.2) is 214 Å². The lowest BCUT2D eigenvalue weighted by Crippen LogP contribution is -2.02. The van der Waals surface area contributed by atoms with Gasteiger partial charge in [-0.1, -0.05) is 36.4 Å². The van der Waals surface area contributed by atoms with Crippen LogP contribution in [0.4, 0.5) is 56.9 Å². The highest BCUT2D eigenvalue weighted by Gasteiger charge is 2.29. The van der Waals surface area contributed by atoms with Gasteiger partial charge in [0.1, 0.15) is 40.7 Å². The summed E-state index contributed by atoms with van der Waals surface area (Å²) in [6, 6.07) is 20.1. The fourth-order valence-corrected chi connectivity index (χ4v) is 14.8. The number of nitrogens with zero attached hydrogens (tertiary/aromatic N) is 8. The van der Waals surface area contributed by atoms with Gasteiger partial charge < -0.3 is 21.7 Å². The average molecular weight is 1500 g/mol. The maximum atomic E-state index is 12.9. The van der Waals surface area contributed by atoms with Gasteiger partial charge in [0.15, 0.2) is 11.5 Å². The highest BCUT2D eigenvalue weighted by atomic mass is 32.2. The number of rotatable bonds is 18. The molecule has 0 fully saturated rings. The topological polar surface area (TPSA) is 626 Å². The van der Waals surface area contributed by atoms with Crippen LogP contribution in [-0.2, 0) is 80.9 Å². The smallest absolute Gasteiger partial charge is 0.296 e. The molecule has 0 aliphatic carbocycles. The SMILES string of the molecule is Nc1ccc(N=Nc2ccc(S(=O)(=O)O)c3ccc(S(=O)(=O)O)cc23)c2cc(S(=O)(=O)O)c(N=Nc3ccc(/C=C/c4ccc(N=Nc5c(S(=O)(=O)O)cc6c(N=Nc7ccc(S(=O)(=O)O)c8ccc(S(=O)(=O)O)cc78)ccc(N)c6c5O)cc4S(=O)(=O)O)c(S(=O)(=O)O)c3)c(O)c12. The van der Waals surface area contributed by atoms with Gasteiger partial charge in [0.2, 0.25) is 0 Å². The number of nitrogen functional groups attached to an aromatic ring is 2. The van der Waals surface area contributed by atoms with Crippen molar-refractivity contribution in [3.8, 4) is 11.5 Å². The van der Waals surface area contributed by atoms with E-state index < -0.39 is 176 Å². The van der Waals surface area contributed by atoms with E-state index >= 15 is 0 Å². The Balaban J connectivity index is 0.974. The minimum Gasteiger partial charge on any atom is -0.505 e. The van der Waals surface area contributed by atoms with Crippen LogP contribution in [-0.4, -0.2) is 114 Å². The lowest BCUT2D eigenvalue weighted by atomic mass is 10.0. The van der Waals surface area contributed by atoms with Crippen LogP contribution in [0.1, 0.15) is 11.1 Å². The summed E-state index contributed by atoms with van der Waals surface area (Å²) in [6.45, 7) is 0. The van der Waals surface area contributed by atoms with E-state index in [0.717, 1.165) is 121 Å². The lowest BCUT2D eigenvalue weighted by Gasteiger charge is -2.12. The molecule has 0 radical (unpaired) electrons. The van der Waals surface area contributed by atoms with E-state index in [1.807, 2.05) is 0 Å². The number of hydrogen-bond donors (Lipinski definition) is 12. The van der Waals surface area contributed by atoms with E-state index in [1.54, 1.807) is 0 Å². The summed E-state index contributed by atoms with van der Waals surface area (Å²) in [7, 11) is -41.2. The van der Waals surface area contributed by atoms with Crippen molar-refractivity contribution in [2.75, 3.05) is 11.5 Å². The number of phenolic OH excluding ortho intramolecular Hbond substituents is 2. The molecule has 0 saturated carbocycles. The van der Waals surface area contributed by atoms with Crippen molar-refractivity contribution in [3.63, 3.8) is 0 Å². The maximum absolute atomic E-state index is 12.9. The zero-order chi connectivity index (χ0) is 71.9. The Labute approximate surface area is 551 Å². The Morgan fingerprint density at radius 1 is 0.276 bits per heavy atom. The number of hydrogen-bond acceptors (Lipinski definition) is 28. The first-order valence-corrected chi connectivity index (χ1v) is 37.6. The van der Waals surface area contributed by atoms with E-state index in [1.165, 1.54) is 0 Å². The molecule has 10 aromatic carbocycles. The molecule has 0 bridgehead atoms. The number of phenols is 2. The van der Waals surface area contributed by atoms with Crippen LogP contribution in [0, 0.1) is 0 Å². The van der Waals surface area contributed by atoms with Crippen molar-refractivity contribution in [1.29, 1.82) is 0 Å². The Hall–Kier alpha value is -10.1. The highest BCUT2D eigenvalue weighted by Crippen LogP contribution is 2.49. The maximum Gasteiger partial charge on any atom is 0.296 e. The Morgan fingerprint density at radius 3 is 0.888 bits per heavy atom. The van der Waals surface area contributed by atoms with Gasteiger partial charge >= 0.3 is 0 Å². The van der Waals surface area contributed by atoms with E-state index in [4.69, 9.17) is 11.5 Å². The molecule has 10 rings (SSSR count). The van der Waals surface area contributed by atoms with E-state index in [-0.39, 0.29) is 66.4 Å². The van der Waals surface area contributed by atoms with Gasteiger partial charge in [0, 0.05) is 43.7 Å². The van der Waals surface area contributed by atoms with Gasteiger partial charge in [-0.25, -0.2) is 0 Å². The molecule has 36 nitrogen and oxygen atoms in total. The number of anilines is 2. The molecular weight excluding hydrogens is 1460 g/mol. The molecular formula is C54H38N10O26S8. The molecule has 0 saturated heterocycles. The minimum absolute atomic E-state index is 0.292. The molecule has 0 amide bonds. The van der Waals surface area contributed by atoms with Crippen molar-refractivity contribution in [1.82, 2.24) is 0 Å². The van der Waals surface area contributed by atoms with Gasteiger partial charge in [0.05, 0.1) is 54.7 Å². The first-order valence-electron chi connectivity index (χ1n) is 26.0. The molecule has 0 unspecified atom stereocenters. The summed E-state index contributed by atoms with van der Waals surface area (Å²) < 4.78 is 280. The van der Waals surface area contributed by atoms with Crippen LogP contribution in [0.25, 0.3) is 55.2 Å². The number of azo groups is 4. The molecule has 98 heavy (non-hydrogen) atoms. The summed E-state index contributed by atoms with van der Waals surface area (Å²) in [4.78, 5) is -7.22. The Kier molecular flexibility index (Phi) is 18.1. The minimum atomic E-state index is -5.45. The molecule has 0 aromatic heterocycles. The van der Waals surface area contributed by atoms with E-state index in [9.17, 15) is 114 Å². The van der Waals surface area contributed by atoms with Crippen molar-refractivity contribution in [3.05, 3.63) is 145 Å². The van der Waals surface area contributed by atoms with Crippen molar-refractivity contribution < 1.29 is 114 Å². The third-order valence-electron chi connectivity index (χ3n) is 14.1. The number of benzene rings is 10. The average Bonchev–Trinajstić information content (AvgIpc) is 0.767. The predicted octanol–water partition coefficient (Wildman–Crippen LogP) is 10.7. The normalized spacial score (nSPS) is 13.5. The third-order valence-corrected chi connectivity index (χ3v) is 21.1. The zero-order valence-electron chi connectivity index (χ0n) is 47.9. The second kappa shape index (κ2) is 25.1. The number of aromatic hydroxyl groups is 2. The van der Waals surface area contributed by atoms with Gasteiger partial charge in [-0.15, -0.1) is 30.7 Å². The van der Waals surface area contributed by atoms with E-state index in [0.29, 0.717) is 24.3 Å². The Bertz CT molecular complexity index is 5970. The van der Waals surface area contributed by atoms with Crippen LogP contribution in [0.2, 0.25) is 0 Å². The van der Waals surface area contributed by atoms with Crippen molar-refractivity contribution in [2.45, 2.75) is 39.2 Å². The first kappa shape index (κ1) is 70.7. The summed E-state index contributed by atoms with van der Waals surface area (Å²) in [5, 5.41) is 51.5. The molecule has 14 N–H and O–H groups in total. The van der Waals surface area contributed by atoms with Gasteiger partial charge in [-0.05, 0) is 120 Å². The van der Waals surface area contributed by atoms with Crippen LogP contribution in [0.3, 0.4) is 0 Å². The van der Waals surface area contributed by atoms with Gasteiger partial charge in [0.25, 0.3) is 80.9 Å². The molecule has 0 heterocycles. The fourth-order valence-electron chi connectivity index (χ4n) is 9.72. The van der Waals surface area contributed by atoms with Crippen molar-refractivity contribution >= 4 is 193 Å². The van der Waals surface area contributed by atoms with Crippen molar-refractivity contribution in [2.24, 2.45) is 40.9 Å². The molecule has 44 heteroatoms.